The predicted molar refractivity (Wildman–Crippen MR) is 76.7 cm³/mol. The molecule has 102 valence electrons. The van der Waals surface area contributed by atoms with Crippen molar-refractivity contribution in [1.29, 1.82) is 0 Å². The highest BCUT2D eigenvalue weighted by Gasteiger charge is 2.14. The largest absolute Gasteiger partial charge is 0.315 e. The van der Waals surface area contributed by atoms with E-state index in [-0.39, 0.29) is 11.0 Å². The third-order valence-electron chi connectivity index (χ3n) is 2.95. The third kappa shape index (κ3) is 5.19. The zero-order valence-corrected chi connectivity index (χ0v) is 12.3. The van der Waals surface area contributed by atoms with Gasteiger partial charge in [0.15, 0.2) is 9.84 Å². The Morgan fingerprint density at radius 3 is 2.56 bits per heavy atom. The maximum absolute atomic E-state index is 11.6. The highest BCUT2D eigenvalue weighted by Crippen LogP contribution is 2.04. The van der Waals surface area contributed by atoms with Crippen LogP contribution in [0.2, 0.25) is 0 Å². The van der Waals surface area contributed by atoms with Crippen LogP contribution in [0.15, 0.2) is 24.3 Å². The van der Waals surface area contributed by atoms with E-state index in [2.05, 4.69) is 30.4 Å². The average Bonchev–Trinajstić information content (AvgIpc) is 2.28. The van der Waals surface area contributed by atoms with Crippen LogP contribution in [0.1, 0.15) is 25.0 Å². The molecule has 0 fully saturated rings. The van der Waals surface area contributed by atoms with Crippen molar-refractivity contribution in [3.05, 3.63) is 35.4 Å². The number of nitrogens with one attached hydrogen (secondary N) is 1. The summed E-state index contributed by atoms with van der Waals surface area (Å²) >= 11 is 0. The van der Waals surface area contributed by atoms with Crippen LogP contribution < -0.4 is 5.32 Å². The lowest BCUT2D eigenvalue weighted by Gasteiger charge is -2.08. The van der Waals surface area contributed by atoms with Crippen molar-refractivity contribution in [3.63, 3.8) is 0 Å². The zero-order valence-electron chi connectivity index (χ0n) is 11.4. The Morgan fingerprint density at radius 2 is 1.94 bits per heavy atom. The van der Waals surface area contributed by atoms with Gasteiger partial charge in [-0.1, -0.05) is 29.8 Å². The van der Waals surface area contributed by atoms with Gasteiger partial charge in [0.2, 0.25) is 0 Å². The van der Waals surface area contributed by atoms with Crippen molar-refractivity contribution in [2.45, 2.75) is 32.4 Å². The van der Waals surface area contributed by atoms with Crippen LogP contribution >= 0.6 is 0 Å². The number of aryl methyl sites for hydroxylation is 1. The molecule has 1 rings (SSSR count). The normalized spacial score (nSPS) is 12.0. The number of sulfone groups is 1. The van der Waals surface area contributed by atoms with Crippen molar-refractivity contribution >= 4 is 9.84 Å². The predicted octanol–water partition coefficient (Wildman–Crippen LogP) is 1.95. The minimum absolute atomic E-state index is 0.221. The lowest BCUT2D eigenvalue weighted by molar-refractivity contribution is 0.582. The number of benzene rings is 1. The molecule has 0 atom stereocenters. The van der Waals surface area contributed by atoms with E-state index < -0.39 is 9.84 Å². The highest BCUT2D eigenvalue weighted by atomic mass is 32.2. The summed E-state index contributed by atoms with van der Waals surface area (Å²) < 4.78 is 23.1. The van der Waals surface area contributed by atoms with Gasteiger partial charge < -0.3 is 5.32 Å². The average molecular weight is 269 g/mol. The van der Waals surface area contributed by atoms with Crippen LogP contribution in [0.5, 0.6) is 0 Å². The van der Waals surface area contributed by atoms with Gasteiger partial charge in [-0.2, -0.15) is 0 Å². The Bertz CT molecular complexity index is 466. The second-order valence-electron chi connectivity index (χ2n) is 4.90. The van der Waals surface area contributed by atoms with E-state index in [9.17, 15) is 8.42 Å². The van der Waals surface area contributed by atoms with E-state index in [1.165, 1.54) is 11.1 Å². The van der Waals surface area contributed by atoms with Crippen molar-refractivity contribution in [2.75, 3.05) is 18.8 Å². The fourth-order valence-corrected chi connectivity index (χ4v) is 2.58. The summed E-state index contributed by atoms with van der Waals surface area (Å²) in [7, 11) is -2.91. The molecule has 0 saturated heterocycles. The lowest BCUT2D eigenvalue weighted by Crippen LogP contribution is -2.28. The van der Waals surface area contributed by atoms with Gasteiger partial charge in [0.1, 0.15) is 0 Å². The second kappa shape index (κ2) is 6.90. The molecule has 0 amide bonds. The molecule has 0 spiro atoms. The van der Waals surface area contributed by atoms with Crippen LogP contribution in [0.25, 0.3) is 0 Å². The molecule has 0 aliphatic rings. The van der Waals surface area contributed by atoms with Gasteiger partial charge >= 0.3 is 0 Å². The third-order valence-corrected chi connectivity index (χ3v) is 5.16. The molecule has 0 bridgehead atoms. The Labute approximate surface area is 111 Å². The molecule has 3 nitrogen and oxygen atoms in total. The summed E-state index contributed by atoms with van der Waals surface area (Å²) in [5.74, 6) is 0.221. The topological polar surface area (TPSA) is 46.2 Å². The maximum atomic E-state index is 11.6. The molecule has 1 aromatic carbocycles. The first-order valence-corrected chi connectivity index (χ1v) is 8.11. The SMILES string of the molecule is Cc1cccc(CCNCCS(=O)(=O)C(C)C)c1. The Morgan fingerprint density at radius 1 is 1.22 bits per heavy atom. The number of rotatable bonds is 7. The molecular formula is C14H23NO2S. The van der Waals surface area contributed by atoms with Crippen LogP contribution in [0.3, 0.4) is 0 Å². The van der Waals surface area contributed by atoms with E-state index in [1.54, 1.807) is 13.8 Å². The summed E-state index contributed by atoms with van der Waals surface area (Å²) in [6, 6.07) is 8.38. The summed E-state index contributed by atoms with van der Waals surface area (Å²) in [5.41, 5.74) is 2.55. The van der Waals surface area contributed by atoms with Gasteiger partial charge in [0, 0.05) is 6.54 Å². The lowest BCUT2D eigenvalue weighted by atomic mass is 10.1. The molecule has 0 unspecified atom stereocenters. The first kappa shape index (κ1) is 15.2. The van der Waals surface area contributed by atoms with E-state index >= 15 is 0 Å². The fourth-order valence-electron chi connectivity index (χ4n) is 1.68. The van der Waals surface area contributed by atoms with Crippen LogP contribution in [-0.2, 0) is 16.3 Å². The van der Waals surface area contributed by atoms with Crippen molar-refractivity contribution in [2.24, 2.45) is 0 Å². The molecule has 0 heterocycles. The zero-order chi connectivity index (χ0) is 13.6. The van der Waals surface area contributed by atoms with Gasteiger partial charge in [-0.05, 0) is 39.3 Å². The molecule has 0 radical (unpaired) electrons. The van der Waals surface area contributed by atoms with E-state index in [1.807, 2.05) is 6.07 Å². The summed E-state index contributed by atoms with van der Waals surface area (Å²) in [6.45, 7) is 6.87. The Balaban J connectivity index is 2.24. The molecule has 4 heteroatoms. The fraction of sp³-hybridized carbons (Fsp3) is 0.571. The van der Waals surface area contributed by atoms with Crippen LogP contribution in [-0.4, -0.2) is 32.5 Å². The molecule has 1 aromatic rings. The summed E-state index contributed by atoms with van der Waals surface area (Å²) in [4.78, 5) is 0. The number of hydrogen-bond donors (Lipinski definition) is 1. The second-order valence-corrected chi connectivity index (χ2v) is 7.58. The molecular weight excluding hydrogens is 246 g/mol. The molecule has 0 aliphatic heterocycles. The van der Waals surface area contributed by atoms with Gasteiger partial charge in [-0.25, -0.2) is 8.42 Å². The highest BCUT2D eigenvalue weighted by molar-refractivity contribution is 7.92. The van der Waals surface area contributed by atoms with Crippen molar-refractivity contribution in [3.8, 4) is 0 Å². The minimum Gasteiger partial charge on any atom is -0.315 e. The minimum atomic E-state index is -2.91. The maximum Gasteiger partial charge on any atom is 0.153 e. The van der Waals surface area contributed by atoms with Gasteiger partial charge in [-0.3, -0.25) is 0 Å². The van der Waals surface area contributed by atoms with E-state index in [0.717, 1.165) is 13.0 Å². The Kier molecular flexibility index (Phi) is 5.82. The standard InChI is InChI=1S/C14H23NO2S/c1-12(2)18(16,17)10-9-15-8-7-14-6-4-5-13(3)11-14/h4-6,11-12,15H,7-10H2,1-3H3. The molecule has 1 N–H and O–H groups in total. The monoisotopic (exact) mass is 269 g/mol. The van der Waals surface area contributed by atoms with Gasteiger partial charge in [0.25, 0.3) is 0 Å². The summed E-state index contributed by atoms with van der Waals surface area (Å²) in [6.07, 6.45) is 0.934. The molecule has 18 heavy (non-hydrogen) atoms. The van der Waals surface area contributed by atoms with E-state index in [0.29, 0.717) is 6.54 Å². The van der Waals surface area contributed by atoms with Crippen molar-refractivity contribution in [1.82, 2.24) is 5.32 Å². The number of hydrogen-bond acceptors (Lipinski definition) is 3. The first-order valence-electron chi connectivity index (χ1n) is 6.39. The van der Waals surface area contributed by atoms with Gasteiger partial charge in [-0.15, -0.1) is 0 Å². The van der Waals surface area contributed by atoms with Crippen LogP contribution in [0, 0.1) is 6.92 Å². The van der Waals surface area contributed by atoms with Gasteiger partial charge in [0.05, 0.1) is 11.0 Å². The van der Waals surface area contributed by atoms with E-state index in [4.69, 9.17) is 0 Å². The quantitative estimate of drug-likeness (QED) is 0.770. The van der Waals surface area contributed by atoms with Crippen LogP contribution in [0.4, 0.5) is 0 Å². The molecule has 0 aliphatic carbocycles. The molecule has 0 aromatic heterocycles. The van der Waals surface area contributed by atoms with Crippen molar-refractivity contribution < 1.29 is 8.42 Å². The smallest absolute Gasteiger partial charge is 0.153 e. The molecule has 0 saturated carbocycles. The first-order chi connectivity index (χ1) is 8.42. The Hall–Kier alpha value is -0.870. The summed E-state index contributed by atoms with van der Waals surface area (Å²) in [5, 5.41) is 2.90.